The van der Waals surface area contributed by atoms with Crippen molar-refractivity contribution < 1.29 is 4.74 Å². The number of nitrogens with two attached hydrogens (primary N) is 1. The Labute approximate surface area is 113 Å². The van der Waals surface area contributed by atoms with Crippen molar-refractivity contribution in [1.29, 1.82) is 0 Å². The highest BCUT2D eigenvalue weighted by atomic mass is 16.5. The summed E-state index contributed by atoms with van der Waals surface area (Å²) in [7, 11) is 0. The van der Waals surface area contributed by atoms with Gasteiger partial charge < -0.3 is 15.4 Å². The topological polar surface area (TPSA) is 38.5 Å². The zero-order valence-electron chi connectivity index (χ0n) is 10.9. The smallest absolute Gasteiger partial charge is 0.119 e. The highest BCUT2D eigenvalue weighted by Crippen LogP contribution is 2.33. The maximum Gasteiger partial charge on any atom is 0.119 e. The second-order valence-electron chi connectivity index (χ2n) is 4.75. The van der Waals surface area contributed by atoms with Crippen LogP contribution in [0.15, 0.2) is 48.5 Å². The molecule has 2 N–H and O–H groups in total. The molecule has 1 aliphatic rings. The van der Waals surface area contributed by atoms with Gasteiger partial charge in [0.05, 0.1) is 17.9 Å². The number of rotatable bonds is 4. The molecule has 0 radical (unpaired) electrons. The molecule has 2 aromatic carbocycles. The quantitative estimate of drug-likeness (QED) is 0.853. The van der Waals surface area contributed by atoms with E-state index in [1.165, 1.54) is 11.3 Å². The Morgan fingerprint density at radius 2 is 1.89 bits per heavy atom. The SMILES string of the molecule is Nc1cccc2c1N(CCOc1ccccc1)CC2. The lowest BCUT2D eigenvalue weighted by atomic mass is 10.1. The Hall–Kier alpha value is -2.16. The summed E-state index contributed by atoms with van der Waals surface area (Å²) in [6.07, 6.45) is 1.08. The molecule has 3 rings (SSSR count). The maximum atomic E-state index is 6.06. The molecule has 0 aromatic heterocycles. The van der Waals surface area contributed by atoms with Crippen molar-refractivity contribution in [1.82, 2.24) is 0 Å². The maximum absolute atomic E-state index is 6.06. The van der Waals surface area contributed by atoms with Gasteiger partial charge in [0, 0.05) is 6.54 Å². The van der Waals surface area contributed by atoms with Gasteiger partial charge in [0.15, 0.2) is 0 Å². The summed E-state index contributed by atoms with van der Waals surface area (Å²) in [5.41, 5.74) is 9.47. The van der Waals surface area contributed by atoms with E-state index in [1.54, 1.807) is 0 Å². The molecule has 0 saturated heterocycles. The molecule has 3 heteroatoms. The first-order valence-electron chi connectivity index (χ1n) is 6.65. The minimum Gasteiger partial charge on any atom is -0.492 e. The molecule has 0 bridgehead atoms. The fourth-order valence-corrected chi connectivity index (χ4v) is 2.58. The Kier molecular flexibility index (Phi) is 3.27. The van der Waals surface area contributed by atoms with Crippen LogP contribution in [0, 0.1) is 0 Å². The zero-order chi connectivity index (χ0) is 13.1. The van der Waals surface area contributed by atoms with Gasteiger partial charge >= 0.3 is 0 Å². The Morgan fingerprint density at radius 1 is 1.05 bits per heavy atom. The lowest BCUT2D eigenvalue weighted by molar-refractivity contribution is 0.324. The predicted molar refractivity (Wildman–Crippen MR) is 78.7 cm³/mol. The molecule has 0 fully saturated rings. The van der Waals surface area contributed by atoms with E-state index in [0.29, 0.717) is 6.61 Å². The van der Waals surface area contributed by atoms with Gasteiger partial charge in [0.2, 0.25) is 0 Å². The first-order valence-corrected chi connectivity index (χ1v) is 6.65. The monoisotopic (exact) mass is 254 g/mol. The van der Waals surface area contributed by atoms with E-state index < -0.39 is 0 Å². The first-order chi connectivity index (χ1) is 9.34. The van der Waals surface area contributed by atoms with Gasteiger partial charge in [-0.25, -0.2) is 0 Å². The highest BCUT2D eigenvalue weighted by molar-refractivity contribution is 5.74. The van der Waals surface area contributed by atoms with E-state index in [2.05, 4.69) is 11.0 Å². The summed E-state index contributed by atoms with van der Waals surface area (Å²) in [5.74, 6) is 0.919. The fraction of sp³-hybridized carbons (Fsp3) is 0.250. The third-order valence-corrected chi connectivity index (χ3v) is 3.49. The van der Waals surface area contributed by atoms with Crippen LogP contribution in [-0.2, 0) is 6.42 Å². The number of benzene rings is 2. The van der Waals surface area contributed by atoms with Gasteiger partial charge in [-0.1, -0.05) is 30.3 Å². The van der Waals surface area contributed by atoms with Crippen molar-refractivity contribution in [3.05, 3.63) is 54.1 Å². The number of para-hydroxylation sites is 2. The van der Waals surface area contributed by atoms with Crippen LogP contribution in [0.25, 0.3) is 0 Å². The number of hydrogen-bond acceptors (Lipinski definition) is 3. The van der Waals surface area contributed by atoms with Crippen LogP contribution in [0.5, 0.6) is 5.75 Å². The van der Waals surface area contributed by atoms with Gasteiger partial charge in [0.1, 0.15) is 12.4 Å². The summed E-state index contributed by atoms with van der Waals surface area (Å²) in [5, 5.41) is 0. The summed E-state index contributed by atoms with van der Waals surface area (Å²) >= 11 is 0. The molecule has 3 nitrogen and oxygen atoms in total. The van der Waals surface area contributed by atoms with Crippen LogP contribution in [0.1, 0.15) is 5.56 Å². The molecule has 0 amide bonds. The Bertz CT molecular complexity index is 554. The van der Waals surface area contributed by atoms with Crippen molar-refractivity contribution in [2.75, 3.05) is 30.3 Å². The molecule has 1 aliphatic heterocycles. The Morgan fingerprint density at radius 3 is 2.74 bits per heavy atom. The van der Waals surface area contributed by atoms with E-state index in [0.717, 1.165) is 30.9 Å². The predicted octanol–water partition coefficient (Wildman–Crippen LogP) is 2.71. The average molecular weight is 254 g/mol. The molecule has 98 valence electrons. The van der Waals surface area contributed by atoms with E-state index in [4.69, 9.17) is 10.5 Å². The molecule has 0 unspecified atom stereocenters. The molecular formula is C16H18N2O. The molecule has 1 heterocycles. The van der Waals surface area contributed by atoms with E-state index in [9.17, 15) is 0 Å². The van der Waals surface area contributed by atoms with Crippen LogP contribution in [0.4, 0.5) is 11.4 Å². The largest absolute Gasteiger partial charge is 0.492 e. The number of anilines is 2. The molecular weight excluding hydrogens is 236 g/mol. The molecule has 0 saturated carbocycles. The van der Waals surface area contributed by atoms with Gasteiger partial charge in [0.25, 0.3) is 0 Å². The number of nitrogens with zero attached hydrogens (tertiary/aromatic N) is 1. The van der Waals surface area contributed by atoms with Crippen molar-refractivity contribution >= 4 is 11.4 Å². The second-order valence-corrected chi connectivity index (χ2v) is 4.75. The number of ether oxygens (including phenoxy) is 1. The molecule has 2 aromatic rings. The number of fused-ring (bicyclic) bond motifs is 1. The van der Waals surface area contributed by atoms with Crippen LogP contribution in [0.2, 0.25) is 0 Å². The van der Waals surface area contributed by atoms with E-state index >= 15 is 0 Å². The van der Waals surface area contributed by atoms with Crippen LogP contribution in [0.3, 0.4) is 0 Å². The second kappa shape index (κ2) is 5.22. The normalized spacial score (nSPS) is 13.4. The lowest BCUT2D eigenvalue weighted by Crippen LogP contribution is -2.26. The highest BCUT2D eigenvalue weighted by Gasteiger charge is 2.20. The minimum absolute atomic E-state index is 0.678. The summed E-state index contributed by atoms with van der Waals surface area (Å²) in [6.45, 7) is 2.58. The van der Waals surface area contributed by atoms with E-state index in [1.807, 2.05) is 42.5 Å². The van der Waals surface area contributed by atoms with Gasteiger partial charge in [-0.05, 0) is 30.2 Å². The zero-order valence-corrected chi connectivity index (χ0v) is 10.9. The number of hydrogen-bond donors (Lipinski definition) is 1. The van der Waals surface area contributed by atoms with Gasteiger partial charge in [-0.2, -0.15) is 0 Å². The molecule has 0 aliphatic carbocycles. The minimum atomic E-state index is 0.678. The van der Waals surface area contributed by atoms with E-state index in [-0.39, 0.29) is 0 Å². The van der Waals surface area contributed by atoms with Crippen molar-refractivity contribution in [3.8, 4) is 5.75 Å². The third kappa shape index (κ3) is 2.50. The average Bonchev–Trinajstić information content (AvgIpc) is 2.85. The lowest BCUT2D eigenvalue weighted by Gasteiger charge is -2.21. The van der Waals surface area contributed by atoms with Crippen LogP contribution >= 0.6 is 0 Å². The summed E-state index contributed by atoms with van der Waals surface area (Å²) in [4.78, 5) is 2.31. The molecule has 0 atom stereocenters. The summed E-state index contributed by atoms with van der Waals surface area (Å²) < 4.78 is 5.74. The van der Waals surface area contributed by atoms with Crippen molar-refractivity contribution in [2.24, 2.45) is 0 Å². The van der Waals surface area contributed by atoms with Crippen LogP contribution < -0.4 is 15.4 Å². The van der Waals surface area contributed by atoms with Crippen LogP contribution in [-0.4, -0.2) is 19.7 Å². The standard InChI is InChI=1S/C16H18N2O/c17-15-8-4-5-13-9-10-18(16(13)15)11-12-19-14-6-2-1-3-7-14/h1-8H,9-12,17H2. The molecule has 0 spiro atoms. The molecule has 19 heavy (non-hydrogen) atoms. The fourth-order valence-electron chi connectivity index (χ4n) is 2.58. The Balaban J connectivity index is 1.61. The van der Waals surface area contributed by atoms with Gasteiger partial charge in [-0.3, -0.25) is 0 Å². The number of nitrogen functional groups attached to an aromatic ring is 1. The third-order valence-electron chi connectivity index (χ3n) is 3.49. The summed E-state index contributed by atoms with van der Waals surface area (Å²) in [6, 6.07) is 16.1. The van der Waals surface area contributed by atoms with Crippen molar-refractivity contribution in [2.45, 2.75) is 6.42 Å². The first kappa shape index (κ1) is 11.9. The van der Waals surface area contributed by atoms with Gasteiger partial charge in [-0.15, -0.1) is 0 Å². The van der Waals surface area contributed by atoms with Crippen molar-refractivity contribution in [3.63, 3.8) is 0 Å².